The molecule has 0 bridgehead atoms. The van der Waals surface area contributed by atoms with Gasteiger partial charge in [-0.1, -0.05) is 18.2 Å². The van der Waals surface area contributed by atoms with Crippen molar-refractivity contribution in [1.29, 1.82) is 0 Å². The summed E-state index contributed by atoms with van der Waals surface area (Å²) in [6, 6.07) is 6.54. The Morgan fingerprint density at radius 3 is 2.83 bits per heavy atom. The Morgan fingerprint density at radius 1 is 1.50 bits per heavy atom. The predicted molar refractivity (Wildman–Crippen MR) is 69.6 cm³/mol. The van der Waals surface area contributed by atoms with Gasteiger partial charge in [0, 0.05) is 17.6 Å². The van der Waals surface area contributed by atoms with E-state index in [1.807, 2.05) is 13.0 Å². The van der Waals surface area contributed by atoms with E-state index >= 15 is 0 Å². The van der Waals surface area contributed by atoms with Crippen LogP contribution in [0.1, 0.15) is 31.4 Å². The molecule has 0 radical (unpaired) electrons. The minimum Gasteiger partial charge on any atom is -0.395 e. The van der Waals surface area contributed by atoms with Crippen molar-refractivity contribution in [3.05, 3.63) is 35.6 Å². The molecule has 1 aromatic rings. The molecule has 0 saturated carbocycles. The molecule has 3 nitrogen and oxygen atoms in total. The zero-order chi connectivity index (χ0) is 13.1. The van der Waals surface area contributed by atoms with Crippen LogP contribution in [0.2, 0.25) is 0 Å². The van der Waals surface area contributed by atoms with Crippen LogP contribution in [0.3, 0.4) is 0 Å². The molecule has 0 spiro atoms. The SMILES string of the molecule is CC(N)C(c1ccccc1F)N1CCCC1CO. The van der Waals surface area contributed by atoms with Gasteiger partial charge in [0.15, 0.2) is 0 Å². The highest BCUT2D eigenvalue weighted by Gasteiger charge is 2.34. The molecule has 1 saturated heterocycles. The smallest absolute Gasteiger partial charge is 0.128 e. The second-order valence-corrected chi connectivity index (χ2v) is 5.04. The van der Waals surface area contributed by atoms with Gasteiger partial charge < -0.3 is 10.8 Å². The van der Waals surface area contributed by atoms with E-state index in [0.717, 1.165) is 19.4 Å². The third-order valence-corrected chi connectivity index (χ3v) is 3.71. The molecule has 1 aliphatic rings. The Balaban J connectivity index is 2.31. The molecule has 2 rings (SSSR count). The third kappa shape index (κ3) is 2.55. The molecule has 0 aliphatic carbocycles. The summed E-state index contributed by atoms with van der Waals surface area (Å²) in [4.78, 5) is 2.14. The molecule has 3 atom stereocenters. The van der Waals surface area contributed by atoms with Gasteiger partial charge in [-0.2, -0.15) is 0 Å². The second-order valence-electron chi connectivity index (χ2n) is 5.04. The number of aliphatic hydroxyl groups is 1. The lowest BCUT2D eigenvalue weighted by molar-refractivity contribution is 0.106. The van der Waals surface area contributed by atoms with Crippen LogP contribution in [0, 0.1) is 5.82 Å². The average molecular weight is 252 g/mol. The minimum absolute atomic E-state index is 0.0978. The van der Waals surface area contributed by atoms with Crippen LogP contribution in [0.4, 0.5) is 4.39 Å². The summed E-state index contributed by atoms with van der Waals surface area (Å²) in [6.45, 7) is 2.87. The molecule has 1 heterocycles. The van der Waals surface area contributed by atoms with Crippen LogP contribution in [0.25, 0.3) is 0 Å². The Labute approximate surface area is 107 Å². The van der Waals surface area contributed by atoms with Gasteiger partial charge in [0.1, 0.15) is 5.82 Å². The van der Waals surface area contributed by atoms with E-state index in [0.29, 0.717) is 5.56 Å². The Hall–Kier alpha value is -0.970. The van der Waals surface area contributed by atoms with Crippen molar-refractivity contribution >= 4 is 0 Å². The van der Waals surface area contributed by atoms with Crippen LogP contribution < -0.4 is 5.73 Å². The molecule has 1 fully saturated rings. The molecule has 3 unspecified atom stereocenters. The van der Waals surface area contributed by atoms with Crippen LogP contribution in [-0.2, 0) is 0 Å². The molecule has 18 heavy (non-hydrogen) atoms. The molecule has 1 aliphatic heterocycles. The van der Waals surface area contributed by atoms with Gasteiger partial charge in [-0.25, -0.2) is 4.39 Å². The van der Waals surface area contributed by atoms with Crippen LogP contribution in [0.5, 0.6) is 0 Å². The lowest BCUT2D eigenvalue weighted by Gasteiger charge is -2.35. The van der Waals surface area contributed by atoms with E-state index in [1.165, 1.54) is 6.07 Å². The van der Waals surface area contributed by atoms with E-state index in [4.69, 9.17) is 5.73 Å². The van der Waals surface area contributed by atoms with E-state index < -0.39 is 0 Å². The second kappa shape index (κ2) is 5.78. The number of hydrogen-bond donors (Lipinski definition) is 2. The molecule has 0 aromatic heterocycles. The highest BCUT2D eigenvalue weighted by Crippen LogP contribution is 2.32. The van der Waals surface area contributed by atoms with E-state index in [2.05, 4.69) is 4.90 Å². The maximum atomic E-state index is 13.9. The lowest BCUT2D eigenvalue weighted by atomic mass is 9.98. The number of halogens is 1. The minimum atomic E-state index is -0.219. The van der Waals surface area contributed by atoms with Crippen molar-refractivity contribution in [2.24, 2.45) is 5.73 Å². The summed E-state index contributed by atoms with van der Waals surface area (Å²) < 4.78 is 13.9. The van der Waals surface area contributed by atoms with Crippen LogP contribution in [-0.4, -0.2) is 35.2 Å². The quantitative estimate of drug-likeness (QED) is 0.857. The average Bonchev–Trinajstić information content (AvgIpc) is 2.79. The summed E-state index contributed by atoms with van der Waals surface area (Å²) in [7, 11) is 0. The first-order chi connectivity index (χ1) is 8.65. The molecular formula is C14H21FN2O. The number of nitrogens with zero attached hydrogens (tertiary/aromatic N) is 1. The monoisotopic (exact) mass is 252 g/mol. The standard InChI is InChI=1S/C14H21FN2O/c1-10(16)14(12-6-2-3-7-13(12)15)17-8-4-5-11(17)9-18/h2-3,6-7,10-11,14,18H,4-5,8-9,16H2,1H3. The van der Waals surface area contributed by atoms with Gasteiger partial charge in [-0.3, -0.25) is 4.90 Å². The van der Waals surface area contributed by atoms with Crippen molar-refractivity contribution in [2.45, 2.75) is 37.9 Å². The number of nitrogens with two attached hydrogens (primary N) is 1. The van der Waals surface area contributed by atoms with Crippen molar-refractivity contribution in [3.63, 3.8) is 0 Å². The summed E-state index contributed by atoms with van der Waals surface area (Å²) in [5, 5.41) is 9.41. The maximum Gasteiger partial charge on any atom is 0.128 e. The Bertz CT molecular complexity index is 397. The normalized spacial score (nSPS) is 24.1. The molecule has 4 heteroatoms. The van der Waals surface area contributed by atoms with Crippen LogP contribution in [0.15, 0.2) is 24.3 Å². The number of rotatable bonds is 4. The number of benzene rings is 1. The van der Waals surface area contributed by atoms with Gasteiger partial charge in [-0.05, 0) is 32.4 Å². The van der Waals surface area contributed by atoms with Crippen molar-refractivity contribution < 1.29 is 9.50 Å². The number of hydrogen-bond acceptors (Lipinski definition) is 3. The lowest BCUT2D eigenvalue weighted by Crippen LogP contribution is -2.43. The summed E-state index contributed by atoms with van der Waals surface area (Å²) >= 11 is 0. The van der Waals surface area contributed by atoms with Crippen molar-refractivity contribution in [1.82, 2.24) is 4.90 Å². The Morgan fingerprint density at radius 2 is 2.22 bits per heavy atom. The molecule has 1 aromatic carbocycles. The first kappa shape index (κ1) is 13.5. The van der Waals surface area contributed by atoms with Gasteiger partial charge in [-0.15, -0.1) is 0 Å². The van der Waals surface area contributed by atoms with E-state index in [1.54, 1.807) is 12.1 Å². The first-order valence-electron chi connectivity index (χ1n) is 6.51. The number of likely N-dealkylation sites (tertiary alicyclic amines) is 1. The molecule has 0 amide bonds. The van der Waals surface area contributed by atoms with Gasteiger partial charge in [0.2, 0.25) is 0 Å². The topological polar surface area (TPSA) is 49.5 Å². The zero-order valence-corrected chi connectivity index (χ0v) is 10.7. The van der Waals surface area contributed by atoms with Gasteiger partial charge in [0.25, 0.3) is 0 Å². The zero-order valence-electron chi connectivity index (χ0n) is 10.7. The largest absolute Gasteiger partial charge is 0.395 e. The van der Waals surface area contributed by atoms with E-state index in [-0.39, 0.29) is 30.5 Å². The van der Waals surface area contributed by atoms with E-state index in [9.17, 15) is 9.50 Å². The predicted octanol–water partition coefficient (Wildman–Crippen LogP) is 1.67. The van der Waals surface area contributed by atoms with Gasteiger partial charge in [0.05, 0.1) is 12.6 Å². The molecular weight excluding hydrogens is 231 g/mol. The molecule has 3 N–H and O–H groups in total. The molecule has 100 valence electrons. The van der Waals surface area contributed by atoms with Gasteiger partial charge >= 0.3 is 0 Å². The fraction of sp³-hybridized carbons (Fsp3) is 0.571. The van der Waals surface area contributed by atoms with Crippen molar-refractivity contribution in [3.8, 4) is 0 Å². The summed E-state index contributed by atoms with van der Waals surface area (Å²) in [6.07, 6.45) is 1.98. The Kier molecular flexibility index (Phi) is 4.32. The summed E-state index contributed by atoms with van der Waals surface area (Å²) in [5.74, 6) is -0.219. The first-order valence-corrected chi connectivity index (χ1v) is 6.51. The third-order valence-electron chi connectivity index (χ3n) is 3.71. The highest BCUT2D eigenvalue weighted by atomic mass is 19.1. The highest BCUT2D eigenvalue weighted by molar-refractivity contribution is 5.23. The maximum absolute atomic E-state index is 13.9. The summed E-state index contributed by atoms with van der Waals surface area (Å²) in [5.41, 5.74) is 6.68. The number of aliphatic hydroxyl groups excluding tert-OH is 1. The van der Waals surface area contributed by atoms with Crippen molar-refractivity contribution in [2.75, 3.05) is 13.2 Å². The van der Waals surface area contributed by atoms with Crippen LogP contribution >= 0.6 is 0 Å². The fourth-order valence-corrected chi connectivity index (χ4v) is 2.90. The fourth-order valence-electron chi connectivity index (χ4n) is 2.90.